The van der Waals surface area contributed by atoms with Crippen molar-refractivity contribution in [2.24, 2.45) is 0 Å². The van der Waals surface area contributed by atoms with Gasteiger partial charge in [0.1, 0.15) is 0 Å². The zero-order valence-corrected chi connectivity index (χ0v) is 16.5. The van der Waals surface area contributed by atoms with Crippen LogP contribution in [0.5, 0.6) is 0 Å². The van der Waals surface area contributed by atoms with E-state index in [1.54, 1.807) is 6.92 Å². The van der Waals surface area contributed by atoms with Crippen molar-refractivity contribution in [3.05, 3.63) is 59.3 Å². The van der Waals surface area contributed by atoms with E-state index in [-0.39, 0.29) is 18.1 Å². The van der Waals surface area contributed by atoms with Crippen LogP contribution >= 0.6 is 0 Å². The first-order valence-corrected chi connectivity index (χ1v) is 9.73. The fourth-order valence-electron chi connectivity index (χ4n) is 3.59. The lowest BCUT2D eigenvalue weighted by Gasteiger charge is -2.29. The minimum atomic E-state index is -0.392. The molecule has 148 valence electrons. The fraction of sp³-hybridized carbons (Fsp3) is 0.364. The Morgan fingerprint density at radius 2 is 1.93 bits per heavy atom. The summed E-state index contributed by atoms with van der Waals surface area (Å²) in [6.07, 6.45) is 0.615. The second-order valence-corrected chi connectivity index (χ2v) is 6.84. The van der Waals surface area contributed by atoms with Gasteiger partial charge in [-0.3, -0.25) is 0 Å². The Morgan fingerprint density at radius 3 is 2.68 bits per heavy atom. The van der Waals surface area contributed by atoms with Crippen molar-refractivity contribution in [2.45, 2.75) is 39.3 Å². The topological polar surface area (TPSA) is 79.5 Å². The molecule has 1 aliphatic heterocycles. The molecule has 3 rings (SSSR count). The number of urea groups is 1. The van der Waals surface area contributed by atoms with E-state index in [2.05, 4.69) is 47.1 Å². The molecule has 0 bridgehead atoms. The monoisotopic (exact) mass is 381 g/mol. The Labute approximate surface area is 165 Å². The molecular weight excluding hydrogens is 354 g/mol. The number of nitrogens with one attached hydrogen (secondary N) is 3. The van der Waals surface area contributed by atoms with Gasteiger partial charge in [0.05, 0.1) is 18.2 Å². The van der Waals surface area contributed by atoms with Gasteiger partial charge in [0, 0.05) is 18.3 Å². The molecule has 0 aromatic heterocycles. The summed E-state index contributed by atoms with van der Waals surface area (Å²) in [6.45, 7) is 6.43. The minimum Gasteiger partial charge on any atom is -0.463 e. The van der Waals surface area contributed by atoms with Crippen molar-refractivity contribution in [2.75, 3.05) is 13.2 Å². The van der Waals surface area contributed by atoms with Gasteiger partial charge in [0.2, 0.25) is 0 Å². The molecule has 0 aliphatic carbocycles. The molecule has 0 spiro atoms. The molecule has 3 N–H and O–H groups in total. The second kappa shape index (κ2) is 8.89. The van der Waals surface area contributed by atoms with Gasteiger partial charge in [-0.2, -0.15) is 0 Å². The van der Waals surface area contributed by atoms with Crippen LogP contribution in [0, 0.1) is 0 Å². The van der Waals surface area contributed by atoms with E-state index in [4.69, 9.17) is 4.74 Å². The molecule has 6 nitrogen and oxygen atoms in total. The summed E-state index contributed by atoms with van der Waals surface area (Å²) in [5, 5.41) is 11.4. The first kappa shape index (κ1) is 19.9. The van der Waals surface area contributed by atoms with Crippen LogP contribution in [-0.2, 0) is 9.53 Å². The molecule has 2 aromatic carbocycles. The molecule has 1 heterocycles. The Morgan fingerprint density at radius 1 is 1.18 bits per heavy atom. The summed E-state index contributed by atoms with van der Waals surface area (Å²) in [5.41, 5.74) is 2.23. The number of benzene rings is 2. The number of carbonyl (C=O) groups is 2. The smallest absolute Gasteiger partial charge is 0.337 e. The number of fused-ring (bicyclic) bond motifs is 1. The van der Waals surface area contributed by atoms with Crippen molar-refractivity contribution in [3.63, 3.8) is 0 Å². The highest BCUT2D eigenvalue weighted by molar-refractivity contribution is 5.94. The normalized spacial score (nSPS) is 17.8. The van der Waals surface area contributed by atoms with Crippen LogP contribution in [0.1, 0.15) is 38.8 Å². The molecule has 2 aromatic rings. The first-order valence-electron chi connectivity index (χ1n) is 9.73. The molecule has 0 saturated carbocycles. The van der Waals surface area contributed by atoms with E-state index < -0.39 is 5.97 Å². The van der Waals surface area contributed by atoms with E-state index in [0.717, 1.165) is 0 Å². The molecule has 1 aliphatic rings. The second-order valence-electron chi connectivity index (χ2n) is 6.84. The van der Waals surface area contributed by atoms with Crippen LogP contribution in [-0.4, -0.2) is 31.2 Å². The van der Waals surface area contributed by atoms with Crippen LogP contribution in [0.15, 0.2) is 53.7 Å². The maximum Gasteiger partial charge on any atom is 0.337 e. The van der Waals surface area contributed by atoms with Crippen LogP contribution in [0.25, 0.3) is 10.8 Å². The number of rotatable bonds is 7. The molecule has 0 unspecified atom stereocenters. The molecule has 2 atom stereocenters. The van der Waals surface area contributed by atoms with E-state index in [1.165, 1.54) is 16.3 Å². The maximum absolute atomic E-state index is 12.5. The molecule has 6 heteroatoms. The van der Waals surface area contributed by atoms with Gasteiger partial charge >= 0.3 is 12.0 Å². The first-order chi connectivity index (χ1) is 13.5. The van der Waals surface area contributed by atoms with Crippen LogP contribution < -0.4 is 16.0 Å². The summed E-state index contributed by atoms with van der Waals surface area (Å²) < 4.78 is 5.21. The highest BCUT2D eigenvalue weighted by Crippen LogP contribution is 2.24. The number of hydrogen-bond acceptors (Lipinski definition) is 4. The molecular formula is C22H27N3O3. The number of ether oxygens (including phenoxy) is 1. The van der Waals surface area contributed by atoms with Gasteiger partial charge in [-0.15, -0.1) is 0 Å². The van der Waals surface area contributed by atoms with Crippen molar-refractivity contribution >= 4 is 22.8 Å². The fourth-order valence-corrected chi connectivity index (χ4v) is 3.59. The molecule has 2 amide bonds. The van der Waals surface area contributed by atoms with Crippen LogP contribution in [0.4, 0.5) is 4.79 Å². The van der Waals surface area contributed by atoms with E-state index >= 15 is 0 Å². The van der Waals surface area contributed by atoms with Gasteiger partial charge in [-0.05, 0) is 36.6 Å². The number of amides is 2. The summed E-state index contributed by atoms with van der Waals surface area (Å²) >= 11 is 0. The molecule has 28 heavy (non-hydrogen) atoms. The average Bonchev–Trinajstić information content (AvgIpc) is 2.71. The minimum absolute atomic E-state index is 0.0360. The van der Waals surface area contributed by atoms with Gasteiger partial charge < -0.3 is 20.7 Å². The van der Waals surface area contributed by atoms with Crippen LogP contribution in [0.2, 0.25) is 0 Å². The standard InChI is InChI=1S/C22H27N3O3/c1-4-18-20(21(26)28-5-2)19(25-22(27)24-18)13-23-14(3)16-12-8-10-15-9-6-7-11-17(15)16/h6-12,14,18,23H,4-5,13H2,1-3H3,(H2,24,25,27)/t14-,18+/m1/s1. The van der Waals surface area contributed by atoms with Crippen molar-refractivity contribution in [1.29, 1.82) is 0 Å². The van der Waals surface area contributed by atoms with Crippen molar-refractivity contribution in [1.82, 2.24) is 16.0 Å². The average molecular weight is 381 g/mol. The highest BCUT2D eigenvalue weighted by atomic mass is 16.5. The zero-order chi connectivity index (χ0) is 20.1. The Balaban J connectivity index is 1.85. The predicted molar refractivity (Wildman–Crippen MR) is 110 cm³/mol. The van der Waals surface area contributed by atoms with Gasteiger partial charge in [-0.1, -0.05) is 49.4 Å². The predicted octanol–water partition coefficient (Wildman–Crippen LogP) is 3.40. The largest absolute Gasteiger partial charge is 0.463 e. The van der Waals surface area contributed by atoms with Crippen molar-refractivity contribution < 1.29 is 14.3 Å². The summed E-state index contributed by atoms with van der Waals surface area (Å²) in [7, 11) is 0. The number of hydrogen-bond donors (Lipinski definition) is 3. The van der Waals surface area contributed by atoms with E-state index in [1.807, 2.05) is 25.1 Å². The lowest BCUT2D eigenvalue weighted by atomic mass is 9.98. The lowest BCUT2D eigenvalue weighted by molar-refractivity contribution is -0.139. The van der Waals surface area contributed by atoms with Gasteiger partial charge in [0.25, 0.3) is 0 Å². The highest BCUT2D eigenvalue weighted by Gasteiger charge is 2.31. The Hall–Kier alpha value is -2.86. The third kappa shape index (κ3) is 4.17. The zero-order valence-electron chi connectivity index (χ0n) is 16.5. The Kier molecular flexibility index (Phi) is 6.31. The number of carbonyl (C=O) groups excluding carboxylic acids is 2. The van der Waals surface area contributed by atoms with E-state index in [0.29, 0.717) is 30.8 Å². The summed E-state index contributed by atoms with van der Waals surface area (Å²) in [6, 6.07) is 13.9. The van der Waals surface area contributed by atoms with Crippen LogP contribution in [0.3, 0.4) is 0 Å². The summed E-state index contributed by atoms with van der Waals surface area (Å²) in [5.74, 6) is -0.392. The molecule has 0 radical (unpaired) electrons. The van der Waals surface area contributed by atoms with Gasteiger partial charge in [0.15, 0.2) is 0 Å². The lowest BCUT2D eigenvalue weighted by Crippen LogP contribution is -2.52. The molecule has 0 saturated heterocycles. The SMILES string of the molecule is CCOC(=O)C1=C(CN[C@H](C)c2cccc3ccccc23)NC(=O)N[C@H]1CC. The van der Waals surface area contributed by atoms with E-state index in [9.17, 15) is 9.59 Å². The quantitative estimate of drug-likeness (QED) is 0.642. The molecule has 0 fully saturated rings. The Bertz CT molecular complexity index is 902. The third-order valence-electron chi connectivity index (χ3n) is 5.02. The number of esters is 1. The summed E-state index contributed by atoms with van der Waals surface area (Å²) in [4.78, 5) is 24.5. The van der Waals surface area contributed by atoms with Crippen molar-refractivity contribution in [3.8, 4) is 0 Å². The van der Waals surface area contributed by atoms with Gasteiger partial charge in [-0.25, -0.2) is 9.59 Å². The third-order valence-corrected chi connectivity index (χ3v) is 5.02. The maximum atomic E-state index is 12.5.